The van der Waals surface area contributed by atoms with Crippen LogP contribution in [0.25, 0.3) is 101 Å². The standard InChI is InChI=1S/C60H54N8/c1-31-19-17-20-32(2)49(31)57-61-29-63-59(65-57)51-35(5)39(9)54(40(10)36(51)6)67-47-26-16-14-24-45(47)53-48(67)28-27-44-43-23-13-15-25-46(43)68(56(44)53)55-41(11)37(7)52(38(8)42(55)12)60-64-30-62-58(66-60)50-33(3)21-18-22-34(50)4/h13-30H,1-12H3. The van der Waals surface area contributed by atoms with Crippen LogP contribution in [0.5, 0.6) is 0 Å². The monoisotopic (exact) mass is 886 g/mol. The number of hydrogen-bond acceptors (Lipinski definition) is 6. The molecule has 0 aliphatic heterocycles. The highest BCUT2D eigenvalue weighted by atomic mass is 15.0. The van der Waals surface area contributed by atoms with E-state index in [4.69, 9.17) is 19.9 Å². The predicted octanol–water partition coefficient (Wildman–Crippen LogP) is 14.6. The Kier molecular flexibility index (Phi) is 10.0. The minimum atomic E-state index is 0.692. The highest BCUT2D eigenvalue weighted by Gasteiger charge is 2.28. The smallest absolute Gasteiger partial charge is 0.163 e. The van der Waals surface area contributed by atoms with E-state index in [0.717, 1.165) is 77.8 Å². The van der Waals surface area contributed by atoms with Crippen molar-refractivity contribution in [1.29, 1.82) is 0 Å². The summed E-state index contributed by atoms with van der Waals surface area (Å²) in [4.78, 5) is 29.3. The Morgan fingerprint density at radius 3 is 1.15 bits per heavy atom. The molecule has 0 aliphatic carbocycles. The van der Waals surface area contributed by atoms with Crippen molar-refractivity contribution in [1.82, 2.24) is 39.0 Å². The average Bonchev–Trinajstić information content (AvgIpc) is 3.84. The largest absolute Gasteiger partial charge is 0.309 e. The van der Waals surface area contributed by atoms with Crippen LogP contribution in [0.2, 0.25) is 0 Å². The average molecular weight is 887 g/mol. The summed E-state index contributed by atoms with van der Waals surface area (Å²) in [5.74, 6) is 2.78. The van der Waals surface area contributed by atoms with Crippen molar-refractivity contribution in [3.8, 4) is 56.9 Å². The zero-order chi connectivity index (χ0) is 47.4. The Balaban J connectivity index is 1.16. The van der Waals surface area contributed by atoms with Gasteiger partial charge in [-0.05, 0) is 168 Å². The summed E-state index contributed by atoms with van der Waals surface area (Å²) in [6, 6.07) is 35.1. The molecular weight excluding hydrogens is 833 g/mol. The molecule has 0 saturated carbocycles. The minimum absolute atomic E-state index is 0.692. The van der Waals surface area contributed by atoms with Crippen molar-refractivity contribution in [3.05, 3.63) is 176 Å². The van der Waals surface area contributed by atoms with E-state index in [9.17, 15) is 0 Å². The van der Waals surface area contributed by atoms with Crippen LogP contribution in [0, 0.1) is 83.1 Å². The molecule has 4 aromatic heterocycles. The molecule has 8 nitrogen and oxygen atoms in total. The predicted molar refractivity (Wildman–Crippen MR) is 280 cm³/mol. The first-order chi connectivity index (χ1) is 32.8. The van der Waals surface area contributed by atoms with E-state index in [2.05, 4.69) is 199 Å². The molecule has 68 heavy (non-hydrogen) atoms. The van der Waals surface area contributed by atoms with Crippen LogP contribution < -0.4 is 0 Å². The third kappa shape index (κ3) is 6.19. The molecule has 334 valence electrons. The van der Waals surface area contributed by atoms with E-state index in [1.807, 2.05) is 0 Å². The molecule has 11 rings (SSSR count). The minimum Gasteiger partial charge on any atom is -0.309 e. The van der Waals surface area contributed by atoms with Crippen molar-refractivity contribution in [3.63, 3.8) is 0 Å². The van der Waals surface area contributed by atoms with Crippen molar-refractivity contribution < 1.29 is 0 Å². The summed E-state index contributed by atoms with van der Waals surface area (Å²) in [6.07, 6.45) is 3.32. The molecular formula is C60H54N8. The molecule has 0 fully saturated rings. The summed E-state index contributed by atoms with van der Waals surface area (Å²) in [5, 5.41) is 4.86. The third-order valence-corrected chi connectivity index (χ3v) is 15.1. The second kappa shape index (κ2) is 15.9. The second-order valence-corrected chi connectivity index (χ2v) is 18.8. The molecule has 4 heterocycles. The maximum atomic E-state index is 5.17. The number of rotatable bonds is 6. The molecule has 11 aromatic rings. The molecule has 0 bridgehead atoms. The zero-order valence-corrected chi connectivity index (χ0v) is 41.0. The van der Waals surface area contributed by atoms with E-state index in [0.29, 0.717) is 23.3 Å². The maximum absolute atomic E-state index is 5.17. The summed E-state index contributed by atoms with van der Waals surface area (Å²) in [7, 11) is 0. The summed E-state index contributed by atoms with van der Waals surface area (Å²) >= 11 is 0. The molecule has 0 amide bonds. The SMILES string of the molecule is Cc1cccc(C)c1-c1ncnc(-c2c(C)c(C)c(-n3c4ccccc4c4c3ccc3c5ccccc5n(-c5c(C)c(C)c(-c6ncnc(-c7c(C)cccc7C)n6)c(C)c5C)c34)c(C)c2C)n1. The van der Waals surface area contributed by atoms with E-state index in [-0.39, 0.29) is 0 Å². The normalized spacial score (nSPS) is 11.8. The van der Waals surface area contributed by atoms with Crippen LogP contribution in [-0.4, -0.2) is 39.0 Å². The molecule has 7 aromatic carbocycles. The van der Waals surface area contributed by atoms with Gasteiger partial charge in [0, 0.05) is 43.8 Å². The lowest BCUT2D eigenvalue weighted by molar-refractivity contribution is 1.04. The van der Waals surface area contributed by atoms with E-state index in [1.165, 1.54) is 66.2 Å². The van der Waals surface area contributed by atoms with Gasteiger partial charge in [0.2, 0.25) is 0 Å². The van der Waals surface area contributed by atoms with E-state index < -0.39 is 0 Å². The van der Waals surface area contributed by atoms with Crippen LogP contribution in [0.1, 0.15) is 66.8 Å². The molecule has 0 spiro atoms. The van der Waals surface area contributed by atoms with Crippen LogP contribution >= 0.6 is 0 Å². The van der Waals surface area contributed by atoms with Gasteiger partial charge in [0.05, 0.1) is 33.4 Å². The summed E-state index contributed by atoms with van der Waals surface area (Å²) in [6.45, 7) is 26.4. The summed E-state index contributed by atoms with van der Waals surface area (Å²) < 4.78 is 5.05. The number of aromatic nitrogens is 8. The van der Waals surface area contributed by atoms with Gasteiger partial charge in [0.1, 0.15) is 12.7 Å². The highest BCUT2D eigenvalue weighted by Crippen LogP contribution is 2.46. The lowest BCUT2D eigenvalue weighted by Crippen LogP contribution is -2.08. The van der Waals surface area contributed by atoms with Crippen molar-refractivity contribution in [2.75, 3.05) is 0 Å². The third-order valence-electron chi connectivity index (χ3n) is 15.1. The Morgan fingerprint density at radius 1 is 0.309 bits per heavy atom. The van der Waals surface area contributed by atoms with Crippen molar-refractivity contribution >= 4 is 43.6 Å². The van der Waals surface area contributed by atoms with Crippen molar-refractivity contribution in [2.24, 2.45) is 0 Å². The highest BCUT2D eigenvalue weighted by molar-refractivity contribution is 6.26. The lowest BCUT2D eigenvalue weighted by atomic mass is 9.91. The van der Waals surface area contributed by atoms with Crippen LogP contribution in [-0.2, 0) is 0 Å². The fourth-order valence-corrected chi connectivity index (χ4v) is 11.3. The quantitative estimate of drug-likeness (QED) is 0.165. The number of nitrogens with zero attached hydrogens (tertiary/aromatic N) is 8. The fourth-order valence-electron chi connectivity index (χ4n) is 11.3. The Bertz CT molecular complexity index is 3840. The number of benzene rings is 7. The van der Waals surface area contributed by atoms with E-state index >= 15 is 0 Å². The van der Waals surface area contributed by atoms with E-state index in [1.54, 1.807) is 12.7 Å². The first kappa shape index (κ1) is 42.8. The van der Waals surface area contributed by atoms with Gasteiger partial charge in [0.15, 0.2) is 23.3 Å². The number of aryl methyl sites for hydroxylation is 4. The second-order valence-electron chi connectivity index (χ2n) is 18.8. The molecule has 0 N–H and O–H groups in total. The van der Waals surface area contributed by atoms with Gasteiger partial charge in [-0.25, -0.2) is 29.9 Å². The number of fused-ring (bicyclic) bond motifs is 7. The lowest BCUT2D eigenvalue weighted by Gasteiger charge is -2.23. The first-order valence-electron chi connectivity index (χ1n) is 23.5. The van der Waals surface area contributed by atoms with Gasteiger partial charge < -0.3 is 9.13 Å². The molecule has 0 atom stereocenters. The Labute approximate surface area is 397 Å². The van der Waals surface area contributed by atoms with Crippen LogP contribution in [0.15, 0.2) is 110 Å². The molecule has 0 unspecified atom stereocenters. The Morgan fingerprint density at radius 2 is 0.691 bits per heavy atom. The van der Waals surface area contributed by atoms with Crippen molar-refractivity contribution in [2.45, 2.75) is 83.1 Å². The Hall–Kier alpha value is -7.84. The van der Waals surface area contributed by atoms with Gasteiger partial charge in [-0.15, -0.1) is 0 Å². The maximum Gasteiger partial charge on any atom is 0.163 e. The van der Waals surface area contributed by atoms with Gasteiger partial charge in [-0.2, -0.15) is 0 Å². The van der Waals surface area contributed by atoms with Gasteiger partial charge >= 0.3 is 0 Å². The van der Waals surface area contributed by atoms with Crippen LogP contribution in [0.4, 0.5) is 0 Å². The zero-order valence-electron chi connectivity index (χ0n) is 41.0. The molecule has 8 heteroatoms. The van der Waals surface area contributed by atoms with Gasteiger partial charge in [-0.1, -0.05) is 78.9 Å². The molecule has 0 saturated heterocycles. The molecule has 0 aliphatic rings. The topological polar surface area (TPSA) is 87.2 Å². The molecule has 0 radical (unpaired) electrons. The number of para-hydroxylation sites is 2. The van der Waals surface area contributed by atoms with Gasteiger partial charge in [-0.3, -0.25) is 0 Å². The van der Waals surface area contributed by atoms with Crippen LogP contribution in [0.3, 0.4) is 0 Å². The van der Waals surface area contributed by atoms with Gasteiger partial charge in [0.25, 0.3) is 0 Å². The first-order valence-corrected chi connectivity index (χ1v) is 23.5. The summed E-state index contributed by atoms with van der Waals surface area (Å²) in [5.41, 5.74) is 25.2. The fraction of sp³-hybridized carbons (Fsp3) is 0.200. The number of hydrogen-bond donors (Lipinski definition) is 0.